The maximum Gasteiger partial charge on any atom is 0.326 e. The average Bonchev–Trinajstić information content (AvgIpc) is 2.61. The van der Waals surface area contributed by atoms with E-state index in [1.807, 2.05) is 6.26 Å². The Bertz CT molecular complexity index is 615. The minimum atomic E-state index is -1.19. The molecule has 4 atom stereocenters. The van der Waals surface area contributed by atoms with Crippen LogP contribution in [0.15, 0.2) is 0 Å². The van der Waals surface area contributed by atoms with Crippen LogP contribution in [0.5, 0.6) is 0 Å². The fraction of sp³-hybridized carbons (Fsp3) is 0.706. The zero-order chi connectivity index (χ0) is 22.7. The minimum Gasteiger partial charge on any atom is -0.480 e. The topological polar surface area (TPSA) is 194 Å². The van der Waals surface area contributed by atoms with Crippen molar-refractivity contribution < 1.29 is 29.1 Å². The third kappa shape index (κ3) is 10.1. The van der Waals surface area contributed by atoms with Crippen LogP contribution in [0.2, 0.25) is 0 Å². The van der Waals surface area contributed by atoms with E-state index >= 15 is 0 Å². The number of rotatable bonds is 13. The van der Waals surface area contributed by atoms with Crippen LogP contribution in [0, 0.1) is 5.92 Å². The predicted molar refractivity (Wildman–Crippen MR) is 109 cm³/mol. The van der Waals surface area contributed by atoms with Gasteiger partial charge in [-0.3, -0.25) is 19.2 Å². The third-order valence-electron chi connectivity index (χ3n) is 3.98. The van der Waals surface area contributed by atoms with E-state index in [1.54, 1.807) is 13.8 Å². The second-order valence-electron chi connectivity index (χ2n) is 6.92. The molecule has 0 bridgehead atoms. The number of hydrogen-bond acceptors (Lipinski definition) is 7. The number of aliphatic carboxylic acids is 1. The molecular formula is C17H31N5O6S. The number of amides is 4. The first-order valence-electron chi connectivity index (χ1n) is 9.07. The van der Waals surface area contributed by atoms with Crippen molar-refractivity contribution in [2.75, 3.05) is 12.0 Å². The Labute approximate surface area is 174 Å². The van der Waals surface area contributed by atoms with Gasteiger partial charge in [-0.25, -0.2) is 4.79 Å². The summed E-state index contributed by atoms with van der Waals surface area (Å²) in [7, 11) is 0. The lowest BCUT2D eigenvalue weighted by molar-refractivity contribution is -0.143. The highest BCUT2D eigenvalue weighted by Crippen LogP contribution is 2.06. The van der Waals surface area contributed by atoms with Crippen molar-refractivity contribution in [2.24, 2.45) is 17.4 Å². The number of primary amides is 1. The van der Waals surface area contributed by atoms with E-state index in [4.69, 9.17) is 11.5 Å². The van der Waals surface area contributed by atoms with Crippen LogP contribution >= 0.6 is 11.8 Å². The Hall–Kier alpha value is -2.34. The molecule has 4 unspecified atom stereocenters. The second-order valence-corrected chi connectivity index (χ2v) is 7.90. The van der Waals surface area contributed by atoms with E-state index in [2.05, 4.69) is 16.0 Å². The Morgan fingerprint density at radius 2 is 1.55 bits per heavy atom. The van der Waals surface area contributed by atoms with Crippen molar-refractivity contribution >= 4 is 41.4 Å². The van der Waals surface area contributed by atoms with Gasteiger partial charge < -0.3 is 32.5 Å². The van der Waals surface area contributed by atoms with Gasteiger partial charge in [-0.1, -0.05) is 13.8 Å². The van der Waals surface area contributed by atoms with E-state index < -0.39 is 53.8 Å². The molecule has 11 nitrogen and oxygen atoms in total. The van der Waals surface area contributed by atoms with Gasteiger partial charge in [0.2, 0.25) is 23.6 Å². The third-order valence-corrected chi connectivity index (χ3v) is 4.63. The molecule has 0 radical (unpaired) electrons. The van der Waals surface area contributed by atoms with Crippen molar-refractivity contribution in [3.63, 3.8) is 0 Å². The van der Waals surface area contributed by atoms with Gasteiger partial charge in [0.25, 0.3) is 0 Å². The summed E-state index contributed by atoms with van der Waals surface area (Å²) in [6.07, 6.45) is 1.73. The predicted octanol–water partition coefficient (Wildman–Crippen LogP) is -1.84. The highest BCUT2D eigenvalue weighted by atomic mass is 32.2. The Kier molecular flexibility index (Phi) is 11.9. The van der Waals surface area contributed by atoms with Gasteiger partial charge in [0.05, 0.1) is 12.5 Å². The SMILES string of the molecule is CSCCC(NC(=O)C(C)NC(=O)C(N)CC(N)=O)C(=O)NC(C(=O)O)C(C)C. The lowest BCUT2D eigenvalue weighted by Crippen LogP contribution is -2.57. The van der Waals surface area contributed by atoms with Gasteiger partial charge in [0.15, 0.2) is 0 Å². The Morgan fingerprint density at radius 1 is 0.966 bits per heavy atom. The molecule has 0 aromatic carbocycles. The first-order valence-corrected chi connectivity index (χ1v) is 10.5. The van der Waals surface area contributed by atoms with Crippen molar-refractivity contribution in [1.82, 2.24) is 16.0 Å². The van der Waals surface area contributed by atoms with Crippen LogP contribution in [0.25, 0.3) is 0 Å². The molecule has 0 aromatic heterocycles. The fourth-order valence-electron chi connectivity index (χ4n) is 2.26. The van der Waals surface area contributed by atoms with Gasteiger partial charge in [-0.05, 0) is 31.3 Å². The van der Waals surface area contributed by atoms with Crippen LogP contribution in [-0.4, -0.2) is 70.9 Å². The first-order chi connectivity index (χ1) is 13.4. The molecule has 0 rings (SSSR count). The Balaban J connectivity index is 5.04. The molecule has 8 N–H and O–H groups in total. The molecular weight excluding hydrogens is 402 g/mol. The first kappa shape index (κ1) is 26.7. The number of carboxylic acids is 1. The minimum absolute atomic E-state index is 0.269. The highest BCUT2D eigenvalue weighted by molar-refractivity contribution is 7.98. The van der Waals surface area contributed by atoms with Crippen molar-refractivity contribution in [1.29, 1.82) is 0 Å². The van der Waals surface area contributed by atoms with Crippen LogP contribution in [0.4, 0.5) is 0 Å². The summed E-state index contributed by atoms with van der Waals surface area (Å²) in [5.74, 6) is -3.74. The van der Waals surface area contributed by atoms with Crippen LogP contribution in [-0.2, 0) is 24.0 Å². The lowest BCUT2D eigenvalue weighted by Gasteiger charge is -2.24. The molecule has 0 aliphatic heterocycles. The van der Waals surface area contributed by atoms with E-state index in [9.17, 15) is 29.1 Å². The summed E-state index contributed by atoms with van der Waals surface area (Å²) in [6.45, 7) is 4.70. The van der Waals surface area contributed by atoms with Gasteiger partial charge in [0.1, 0.15) is 18.1 Å². The molecule has 0 aliphatic rings. The van der Waals surface area contributed by atoms with Crippen molar-refractivity contribution in [3.05, 3.63) is 0 Å². The molecule has 4 amide bonds. The van der Waals surface area contributed by atoms with E-state index in [0.29, 0.717) is 5.75 Å². The summed E-state index contributed by atoms with van der Waals surface area (Å²) in [4.78, 5) is 59.0. The number of carbonyl (C=O) groups excluding carboxylic acids is 4. The average molecular weight is 434 g/mol. The number of nitrogens with one attached hydrogen (secondary N) is 3. The number of nitrogens with two attached hydrogens (primary N) is 2. The lowest BCUT2D eigenvalue weighted by atomic mass is 10.0. The molecule has 0 saturated carbocycles. The van der Waals surface area contributed by atoms with Gasteiger partial charge in [-0.2, -0.15) is 11.8 Å². The number of carboxylic acid groups (broad SMARTS) is 1. The number of thioether (sulfide) groups is 1. The van der Waals surface area contributed by atoms with Gasteiger partial charge >= 0.3 is 5.97 Å². The fourth-order valence-corrected chi connectivity index (χ4v) is 2.74. The molecule has 0 spiro atoms. The zero-order valence-corrected chi connectivity index (χ0v) is 17.9. The summed E-state index contributed by atoms with van der Waals surface area (Å²) >= 11 is 1.46. The molecule has 166 valence electrons. The molecule has 29 heavy (non-hydrogen) atoms. The zero-order valence-electron chi connectivity index (χ0n) is 17.1. The van der Waals surface area contributed by atoms with Gasteiger partial charge in [0, 0.05) is 0 Å². The van der Waals surface area contributed by atoms with Crippen LogP contribution in [0.1, 0.15) is 33.6 Å². The Morgan fingerprint density at radius 3 is 2.00 bits per heavy atom. The molecule has 0 saturated heterocycles. The number of hydrogen-bond donors (Lipinski definition) is 6. The monoisotopic (exact) mass is 433 g/mol. The van der Waals surface area contributed by atoms with E-state index in [1.165, 1.54) is 18.7 Å². The van der Waals surface area contributed by atoms with Crippen molar-refractivity contribution in [2.45, 2.75) is 57.8 Å². The quantitative estimate of drug-likeness (QED) is 0.195. The van der Waals surface area contributed by atoms with Crippen molar-refractivity contribution in [3.8, 4) is 0 Å². The summed E-state index contributed by atoms with van der Waals surface area (Å²) in [5, 5.41) is 16.5. The highest BCUT2D eigenvalue weighted by Gasteiger charge is 2.30. The maximum absolute atomic E-state index is 12.5. The normalized spacial score (nSPS) is 15.0. The number of carbonyl (C=O) groups is 5. The molecule has 0 aromatic rings. The van der Waals surface area contributed by atoms with Crippen LogP contribution < -0.4 is 27.4 Å². The molecule has 0 heterocycles. The summed E-state index contributed by atoms with van der Waals surface area (Å²) in [5.41, 5.74) is 10.5. The molecule has 12 heteroatoms. The van der Waals surface area contributed by atoms with Crippen LogP contribution in [0.3, 0.4) is 0 Å². The summed E-state index contributed by atoms with van der Waals surface area (Å²) in [6, 6.07) is -4.30. The molecule has 0 fully saturated rings. The van der Waals surface area contributed by atoms with Gasteiger partial charge in [-0.15, -0.1) is 0 Å². The molecule has 0 aliphatic carbocycles. The van der Waals surface area contributed by atoms with E-state index in [0.717, 1.165) is 0 Å². The smallest absolute Gasteiger partial charge is 0.326 e. The van der Waals surface area contributed by atoms with E-state index in [-0.39, 0.29) is 18.8 Å². The second kappa shape index (κ2) is 13.0. The summed E-state index contributed by atoms with van der Waals surface area (Å²) < 4.78 is 0. The maximum atomic E-state index is 12.5. The standard InChI is InChI=1S/C17H31N5O6S/c1-8(2)13(17(27)28)22-16(26)11(5-6-29-4)21-14(24)9(3)20-15(25)10(18)7-12(19)23/h8-11,13H,5-7,18H2,1-4H3,(H2,19,23)(H,20,25)(H,21,24)(H,22,26)(H,27,28). The largest absolute Gasteiger partial charge is 0.480 e.